The zero-order valence-corrected chi connectivity index (χ0v) is 21.6. The van der Waals surface area contributed by atoms with E-state index in [0.29, 0.717) is 37.1 Å². The molecule has 1 fully saturated rings. The molecule has 36 heavy (non-hydrogen) atoms. The molecule has 0 saturated carbocycles. The van der Waals surface area contributed by atoms with Crippen molar-refractivity contribution in [2.45, 2.75) is 17.4 Å². The van der Waals surface area contributed by atoms with Crippen LogP contribution < -0.4 is 0 Å². The molecule has 1 aromatic carbocycles. The second kappa shape index (κ2) is 8.22. The normalized spacial score (nSPS) is 15.3. The van der Waals surface area contributed by atoms with Crippen LogP contribution in [0.3, 0.4) is 0 Å². The minimum absolute atomic E-state index is 0.140. The van der Waals surface area contributed by atoms with Crippen LogP contribution in [0.2, 0.25) is 5.02 Å². The summed E-state index contributed by atoms with van der Waals surface area (Å²) in [6.45, 7) is 2.25. The van der Waals surface area contributed by atoms with Gasteiger partial charge in [-0.1, -0.05) is 29.3 Å². The molecule has 0 bridgehead atoms. The molecule has 1 aliphatic rings. The Morgan fingerprint density at radius 3 is 2.53 bits per heavy atom. The van der Waals surface area contributed by atoms with Crippen LogP contribution in [0.25, 0.3) is 32.7 Å². The number of rotatable bonds is 5. The number of nitrogens with zero attached hydrogens (tertiary/aromatic N) is 5. The van der Waals surface area contributed by atoms with E-state index in [1.54, 1.807) is 60.7 Å². The highest BCUT2D eigenvalue weighted by Gasteiger charge is 2.41. The zero-order valence-electron chi connectivity index (χ0n) is 19.2. The molecule has 0 amide bonds. The molecule has 1 saturated heterocycles. The molecule has 6 rings (SSSR count). The van der Waals surface area contributed by atoms with Gasteiger partial charge in [0, 0.05) is 42.2 Å². The van der Waals surface area contributed by atoms with Crippen molar-refractivity contribution < 1.29 is 18.3 Å². The van der Waals surface area contributed by atoms with Crippen LogP contribution in [0.1, 0.15) is 10.6 Å². The van der Waals surface area contributed by atoms with E-state index in [4.69, 9.17) is 16.3 Å². The standard InChI is InChI=1S/C24H20ClN5O4S2/c1-14-3-5-16(6-4-14)36(32,33)30-19(15-8-28-29(2)11-15)7-17-21(18(25)9-26-22(17)30)20-10-27-23(35-20)24(31)12-34-13-24/h3-11,31H,12-13H2,1-2H3. The highest BCUT2D eigenvalue weighted by molar-refractivity contribution is 7.90. The molecule has 5 aromatic rings. The van der Waals surface area contributed by atoms with Crippen molar-refractivity contribution in [2.24, 2.45) is 7.05 Å². The Bertz CT molecular complexity index is 1730. The van der Waals surface area contributed by atoms with Crippen LogP contribution >= 0.6 is 22.9 Å². The van der Waals surface area contributed by atoms with E-state index in [-0.39, 0.29) is 23.8 Å². The summed E-state index contributed by atoms with van der Waals surface area (Å²) in [6, 6.07) is 8.43. The summed E-state index contributed by atoms with van der Waals surface area (Å²) >= 11 is 7.91. The molecule has 5 heterocycles. The largest absolute Gasteiger partial charge is 0.378 e. The lowest BCUT2D eigenvalue weighted by molar-refractivity contribution is -0.184. The van der Waals surface area contributed by atoms with Crippen molar-refractivity contribution in [1.82, 2.24) is 23.7 Å². The molecule has 4 aromatic heterocycles. The molecule has 9 nitrogen and oxygen atoms in total. The molecule has 0 spiro atoms. The molecule has 1 aliphatic heterocycles. The fourth-order valence-electron chi connectivity index (χ4n) is 4.19. The Morgan fingerprint density at radius 1 is 1.14 bits per heavy atom. The summed E-state index contributed by atoms with van der Waals surface area (Å²) in [6.07, 6.45) is 6.42. The first-order valence-electron chi connectivity index (χ1n) is 11.0. The minimum atomic E-state index is -4.03. The highest BCUT2D eigenvalue weighted by atomic mass is 35.5. The number of aliphatic hydroxyl groups is 1. The predicted molar refractivity (Wildman–Crippen MR) is 137 cm³/mol. The topological polar surface area (TPSA) is 112 Å². The Hall–Kier alpha value is -3.09. The maximum atomic E-state index is 13.9. The second-order valence-corrected chi connectivity index (χ2v) is 12.0. The fourth-order valence-corrected chi connectivity index (χ4v) is 7.03. The smallest absolute Gasteiger partial charge is 0.269 e. The maximum Gasteiger partial charge on any atom is 0.269 e. The summed E-state index contributed by atoms with van der Waals surface area (Å²) in [4.78, 5) is 9.68. The number of thiazole rings is 1. The summed E-state index contributed by atoms with van der Waals surface area (Å²) in [5.41, 5.74) is 1.67. The molecule has 0 unspecified atom stereocenters. The van der Waals surface area contributed by atoms with Gasteiger partial charge >= 0.3 is 0 Å². The van der Waals surface area contributed by atoms with Crippen molar-refractivity contribution >= 4 is 44.0 Å². The molecule has 12 heteroatoms. The van der Waals surface area contributed by atoms with E-state index in [0.717, 1.165) is 5.56 Å². The van der Waals surface area contributed by atoms with E-state index in [1.807, 2.05) is 6.92 Å². The lowest BCUT2D eigenvalue weighted by Gasteiger charge is -2.34. The van der Waals surface area contributed by atoms with Crippen LogP contribution in [0.15, 0.2) is 60.0 Å². The lowest BCUT2D eigenvalue weighted by Crippen LogP contribution is -2.46. The zero-order chi connectivity index (χ0) is 25.2. The number of hydrogen-bond acceptors (Lipinski definition) is 8. The van der Waals surface area contributed by atoms with E-state index in [2.05, 4.69) is 15.1 Å². The van der Waals surface area contributed by atoms with E-state index < -0.39 is 15.6 Å². The van der Waals surface area contributed by atoms with Gasteiger partial charge < -0.3 is 9.84 Å². The third-order valence-electron chi connectivity index (χ3n) is 6.13. The van der Waals surface area contributed by atoms with Crippen LogP contribution in [-0.2, 0) is 27.4 Å². The van der Waals surface area contributed by atoms with E-state index in [9.17, 15) is 13.5 Å². The summed E-state index contributed by atoms with van der Waals surface area (Å²) < 4.78 is 35.9. The summed E-state index contributed by atoms with van der Waals surface area (Å²) in [5.74, 6) is 0. The maximum absolute atomic E-state index is 13.9. The van der Waals surface area contributed by atoms with Gasteiger partial charge in [0.1, 0.15) is 5.01 Å². The van der Waals surface area contributed by atoms with Crippen molar-refractivity contribution in [1.29, 1.82) is 0 Å². The number of aromatic nitrogens is 5. The van der Waals surface area contributed by atoms with Gasteiger partial charge in [-0.3, -0.25) is 4.68 Å². The van der Waals surface area contributed by atoms with Gasteiger partial charge in [0.05, 0.1) is 39.9 Å². The monoisotopic (exact) mass is 541 g/mol. The number of aryl methyl sites for hydroxylation is 2. The van der Waals surface area contributed by atoms with Gasteiger partial charge in [-0.15, -0.1) is 11.3 Å². The van der Waals surface area contributed by atoms with Crippen LogP contribution in [-0.4, -0.2) is 50.5 Å². The molecule has 184 valence electrons. The third kappa shape index (κ3) is 3.58. The van der Waals surface area contributed by atoms with Gasteiger partial charge in [-0.05, 0) is 25.1 Å². The van der Waals surface area contributed by atoms with Crippen molar-refractivity contribution in [2.75, 3.05) is 13.2 Å². The minimum Gasteiger partial charge on any atom is -0.378 e. The second-order valence-electron chi connectivity index (χ2n) is 8.79. The molecular weight excluding hydrogens is 522 g/mol. The number of hydrogen-bond donors (Lipinski definition) is 1. The first kappa shape index (κ1) is 23.3. The van der Waals surface area contributed by atoms with Crippen molar-refractivity contribution in [3.63, 3.8) is 0 Å². The number of pyridine rings is 1. The number of fused-ring (bicyclic) bond motifs is 1. The number of benzene rings is 1. The molecule has 1 N–H and O–H groups in total. The molecule has 0 radical (unpaired) electrons. The molecule has 0 atom stereocenters. The first-order chi connectivity index (χ1) is 17.2. The predicted octanol–water partition coefficient (Wildman–Crippen LogP) is 3.98. The average molecular weight is 542 g/mol. The molecule has 0 aliphatic carbocycles. The average Bonchev–Trinajstić information content (AvgIpc) is 3.56. The van der Waals surface area contributed by atoms with Crippen LogP contribution in [0, 0.1) is 6.92 Å². The number of halogens is 1. The van der Waals surface area contributed by atoms with E-state index >= 15 is 0 Å². The number of ether oxygens (including phenoxy) is 1. The van der Waals surface area contributed by atoms with Gasteiger partial charge in [0.25, 0.3) is 10.0 Å². The Labute approximate surface area is 215 Å². The van der Waals surface area contributed by atoms with E-state index in [1.165, 1.54) is 21.5 Å². The van der Waals surface area contributed by atoms with Gasteiger partial charge in [0.2, 0.25) is 0 Å². The Balaban J connectivity index is 1.62. The van der Waals surface area contributed by atoms with Crippen LogP contribution in [0.5, 0.6) is 0 Å². The Morgan fingerprint density at radius 2 is 1.89 bits per heavy atom. The third-order valence-corrected chi connectivity index (χ3v) is 9.35. The Kier molecular flexibility index (Phi) is 5.32. The molecular formula is C24H20ClN5O4S2. The van der Waals surface area contributed by atoms with Gasteiger partial charge in [-0.25, -0.2) is 22.4 Å². The quantitative estimate of drug-likeness (QED) is 0.358. The first-order valence-corrected chi connectivity index (χ1v) is 13.6. The summed E-state index contributed by atoms with van der Waals surface area (Å²) in [7, 11) is -2.26. The lowest BCUT2D eigenvalue weighted by atomic mass is 10.0. The highest BCUT2D eigenvalue weighted by Crippen LogP contribution is 2.43. The summed E-state index contributed by atoms with van der Waals surface area (Å²) in [5, 5.41) is 16.3. The van der Waals surface area contributed by atoms with Gasteiger partial charge in [-0.2, -0.15) is 5.10 Å². The van der Waals surface area contributed by atoms with Crippen molar-refractivity contribution in [3.8, 4) is 21.7 Å². The fraction of sp³-hybridized carbons (Fsp3) is 0.208. The van der Waals surface area contributed by atoms with Crippen molar-refractivity contribution in [3.05, 3.63) is 70.7 Å². The van der Waals surface area contributed by atoms with Gasteiger partial charge in [0.15, 0.2) is 11.2 Å². The van der Waals surface area contributed by atoms with Crippen LogP contribution in [0.4, 0.5) is 0 Å². The SMILES string of the molecule is Cc1ccc(S(=O)(=O)n2c(-c3cnn(C)c3)cc3c(-c4cnc(C5(O)COC5)s4)c(Cl)cnc32)cc1.